The molecule has 1 aromatic rings. The lowest BCUT2D eigenvalue weighted by molar-refractivity contribution is 0.198. The number of aromatic nitrogens is 1. The number of pyridine rings is 1. The summed E-state index contributed by atoms with van der Waals surface area (Å²) in [4.78, 5) is 9.04. The second kappa shape index (κ2) is 5.67. The van der Waals surface area contributed by atoms with E-state index in [1.807, 2.05) is 12.1 Å². The minimum atomic E-state index is -0.470. The van der Waals surface area contributed by atoms with E-state index in [4.69, 9.17) is 0 Å². The maximum Gasteiger partial charge on any atom is 0.134 e. The highest BCUT2D eigenvalue weighted by atomic mass is 16.3. The first-order valence-corrected chi connectivity index (χ1v) is 6.64. The van der Waals surface area contributed by atoms with Crippen LogP contribution in [0.2, 0.25) is 0 Å². The molecule has 2 heterocycles. The summed E-state index contributed by atoms with van der Waals surface area (Å²) < 4.78 is 0. The van der Waals surface area contributed by atoms with Crippen molar-refractivity contribution < 1.29 is 5.11 Å². The average molecular weight is 249 g/mol. The Hall–Kier alpha value is -1.13. The summed E-state index contributed by atoms with van der Waals surface area (Å²) in [6.07, 6.45) is 3.64. The summed E-state index contributed by atoms with van der Waals surface area (Å²) in [5.41, 5.74) is 0.916. The zero-order valence-corrected chi connectivity index (χ0v) is 11.5. The maximum atomic E-state index is 9.82. The molecule has 0 amide bonds. The van der Waals surface area contributed by atoms with Gasteiger partial charge in [0.2, 0.25) is 0 Å². The highest BCUT2D eigenvalue weighted by Gasteiger charge is 2.23. The van der Waals surface area contributed by atoms with Gasteiger partial charge in [0, 0.05) is 24.8 Å². The minimum Gasteiger partial charge on any atom is -0.389 e. The van der Waals surface area contributed by atoms with E-state index < -0.39 is 6.10 Å². The van der Waals surface area contributed by atoms with Crippen molar-refractivity contribution in [3.05, 3.63) is 23.9 Å². The summed E-state index contributed by atoms with van der Waals surface area (Å²) in [7, 11) is 4.25. The van der Waals surface area contributed by atoms with Crippen LogP contribution in [0.15, 0.2) is 18.3 Å². The van der Waals surface area contributed by atoms with E-state index in [-0.39, 0.29) is 0 Å². The molecule has 100 valence electrons. The van der Waals surface area contributed by atoms with Crippen molar-refractivity contribution >= 4 is 5.82 Å². The van der Waals surface area contributed by atoms with Gasteiger partial charge in [0.25, 0.3) is 0 Å². The molecule has 1 aromatic heterocycles. The Balaban J connectivity index is 2.15. The molecular weight excluding hydrogens is 226 g/mol. The fourth-order valence-electron chi connectivity index (χ4n) is 2.59. The van der Waals surface area contributed by atoms with Crippen LogP contribution in [0, 0.1) is 0 Å². The maximum absolute atomic E-state index is 9.82. The minimum absolute atomic E-state index is 0.470. The lowest BCUT2D eigenvalue weighted by atomic mass is 10.0. The molecule has 1 aliphatic rings. The van der Waals surface area contributed by atoms with Crippen LogP contribution < -0.4 is 4.90 Å². The van der Waals surface area contributed by atoms with E-state index >= 15 is 0 Å². The molecule has 0 spiro atoms. The van der Waals surface area contributed by atoms with Gasteiger partial charge in [0.1, 0.15) is 5.82 Å². The molecule has 0 bridgehead atoms. The number of nitrogens with zero attached hydrogens (tertiary/aromatic N) is 3. The van der Waals surface area contributed by atoms with E-state index in [1.54, 1.807) is 13.1 Å². The molecule has 1 unspecified atom stereocenters. The number of aliphatic hydroxyl groups is 1. The van der Waals surface area contributed by atoms with Crippen LogP contribution in [0.1, 0.15) is 31.4 Å². The van der Waals surface area contributed by atoms with Gasteiger partial charge < -0.3 is 14.9 Å². The van der Waals surface area contributed by atoms with Crippen molar-refractivity contribution in [2.24, 2.45) is 0 Å². The molecular formula is C14H23N3O. The van der Waals surface area contributed by atoms with Gasteiger partial charge in [-0.05, 0) is 46.0 Å². The summed E-state index contributed by atoms with van der Waals surface area (Å²) in [5, 5.41) is 9.82. The Labute approximate surface area is 109 Å². The number of likely N-dealkylation sites (tertiary alicyclic amines) is 1. The third-order valence-corrected chi connectivity index (χ3v) is 3.84. The second-order valence-electron chi connectivity index (χ2n) is 5.24. The van der Waals surface area contributed by atoms with Gasteiger partial charge in [-0.3, -0.25) is 0 Å². The largest absolute Gasteiger partial charge is 0.389 e. The standard InChI is InChI=1S/C14H23N3O/c1-11(18)13-5-4-8-15-14(13)17(3)12-6-9-16(2)10-7-12/h4-5,8,11-12,18H,6-7,9-10H2,1-3H3. The quantitative estimate of drug-likeness (QED) is 0.884. The van der Waals surface area contributed by atoms with Crippen molar-refractivity contribution in [3.63, 3.8) is 0 Å². The fraction of sp³-hybridized carbons (Fsp3) is 0.643. The SMILES string of the molecule is CC(O)c1cccnc1N(C)C1CCN(C)CC1. The first-order valence-electron chi connectivity index (χ1n) is 6.64. The van der Waals surface area contributed by atoms with Crippen molar-refractivity contribution in [1.82, 2.24) is 9.88 Å². The zero-order chi connectivity index (χ0) is 13.1. The number of aliphatic hydroxyl groups excluding tert-OH is 1. The van der Waals surface area contributed by atoms with Gasteiger partial charge in [-0.25, -0.2) is 4.98 Å². The lowest BCUT2D eigenvalue weighted by Gasteiger charge is -2.36. The number of piperidine rings is 1. The third kappa shape index (κ3) is 2.82. The Morgan fingerprint density at radius 1 is 1.44 bits per heavy atom. The van der Waals surface area contributed by atoms with Crippen LogP contribution in [-0.2, 0) is 0 Å². The molecule has 18 heavy (non-hydrogen) atoms. The van der Waals surface area contributed by atoms with Crippen LogP contribution in [0.5, 0.6) is 0 Å². The molecule has 1 fully saturated rings. The summed E-state index contributed by atoms with van der Waals surface area (Å²) in [6.45, 7) is 4.06. The van der Waals surface area contributed by atoms with E-state index in [0.717, 1.165) is 37.3 Å². The molecule has 0 radical (unpaired) electrons. The fourth-order valence-corrected chi connectivity index (χ4v) is 2.59. The topological polar surface area (TPSA) is 39.6 Å². The van der Waals surface area contributed by atoms with Crippen LogP contribution >= 0.6 is 0 Å². The molecule has 0 aliphatic carbocycles. The Morgan fingerprint density at radius 2 is 2.11 bits per heavy atom. The molecule has 4 nitrogen and oxygen atoms in total. The molecule has 1 N–H and O–H groups in total. The van der Waals surface area contributed by atoms with Gasteiger partial charge in [0.15, 0.2) is 0 Å². The first-order chi connectivity index (χ1) is 8.59. The van der Waals surface area contributed by atoms with Crippen molar-refractivity contribution in [2.45, 2.75) is 31.9 Å². The molecule has 1 aliphatic heterocycles. The van der Waals surface area contributed by atoms with Crippen LogP contribution in [0.25, 0.3) is 0 Å². The van der Waals surface area contributed by atoms with Crippen molar-refractivity contribution in [1.29, 1.82) is 0 Å². The normalized spacial score (nSPS) is 19.8. The average Bonchev–Trinajstić information content (AvgIpc) is 2.39. The summed E-state index contributed by atoms with van der Waals surface area (Å²) in [6, 6.07) is 4.36. The van der Waals surface area contributed by atoms with Gasteiger partial charge in [-0.1, -0.05) is 6.07 Å². The zero-order valence-electron chi connectivity index (χ0n) is 11.5. The van der Waals surface area contributed by atoms with Gasteiger partial charge in [-0.15, -0.1) is 0 Å². The molecule has 2 rings (SSSR count). The summed E-state index contributed by atoms with van der Waals surface area (Å²) in [5.74, 6) is 0.919. The Kier molecular flexibility index (Phi) is 4.19. The number of rotatable bonds is 3. The Morgan fingerprint density at radius 3 is 2.72 bits per heavy atom. The molecule has 1 saturated heterocycles. The van der Waals surface area contributed by atoms with Crippen LogP contribution in [0.4, 0.5) is 5.82 Å². The van der Waals surface area contributed by atoms with Crippen LogP contribution in [0.3, 0.4) is 0 Å². The number of hydrogen-bond acceptors (Lipinski definition) is 4. The van der Waals surface area contributed by atoms with E-state index in [9.17, 15) is 5.11 Å². The van der Waals surface area contributed by atoms with E-state index in [0.29, 0.717) is 6.04 Å². The van der Waals surface area contributed by atoms with Crippen molar-refractivity contribution in [2.75, 3.05) is 32.1 Å². The monoisotopic (exact) mass is 249 g/mol. The van der Waals surface area contributed by atoms with Gasteiger partial charge >= 0.3 is 0 Å². The summed E-state index contributed by atoms with van der Waals surface area (Å²) >= 11 is 0. The van der Waals surface area contributed by atoms with E-state index in [2.05, 4.69) is 28.9 Å². The first kappa shape index (κ1) is 13.3. The highest BCUT2D eigenvalue weighted by molar-refractivity contribution is 5.48. The third-order valence-electron chi connectivity index (χ3n) is 3.84. The van der Waals surface area contributed by atoms with Crippen molar-refractivity contribution in [3.8, 4) is 0 Å². The van der Waals surface area contributed by atoms with Gasteiger partial charge in [-0.2, -0.15) is 0 Å². The number of hydrogen-bond donors (Lipinski definition) is 1. The predicted octanol–water partition coefficient (Wildman–Crippen LogP) is 1.67. The van der Waals surface area contributed by atoms with Crippen LogP contribution in [-0.4, -0.2) is 48.2 Å². The number of anilines is 1. The van der Waals surface area contributed by atoms with Gasteiger partial charge in [0.05, 0.1) is 6.10 Å². The smallest absolute Gasteiger partial charge is 0.134 e. The molecule has 0 aromatic carbocycles. The molecule has 4 heteroatoms. The Bertz CT molecular complexity index is 386. The van der Waals surface area contributed by atoms with E-state index in [1.165, 1.54) is 0 Å². The second-order valence-corrected chi connectivity index (χ2v) is 5.24. The predicted molar refractivity (Wildman–Crippen MR) is 73.8 cm³/mol. The highest BCUT2D eigenvalue weighted by Crippen LogP contribution is 2.26. The lowest BCUT2D eigenvalue weighted by Crippen LogP contribution is -2.42. The molecule has 0 saturated carbocycles. The molecule has 1 atom stereocenters.